The Labute approximate surface area is 181 Å². The first-order valence-electron chi connectivity index (χ1n) is 9.14. The van der Waals surface area contributed by atoms with Gasteiger partial charge in [0.15, 0.2) is 6.61 Å². The van der Waals surface area contributed by atoms with Gasteiger partial charge < -0.3 is 10.1 Å². The van der Waals surface area contributed by atoms with Crippen molar-refractivity contribution in [1.82, 2.24) is 4.98 Å². The highest BCUT2D eigenvalue weighted by Gasteiger charge is 2.08. The van der Waals surface area contributed by atoms with E-state index in [1.807, 2.05) is 55.5 Å². The van der Waals surface area contributed by atoms with Crippen molar-refractivity contribution in [3.8, 4) is 16.3 Å². The number of hydrogen-bond donors (Lipinski definition) is 1. The van der Waals surface area contributed by atoms with E-state index in [9.17, 15) is 4.79 Å². The van der Waals surface area contributed by atoms with Crippen LogP contribution < -0.4 is 10.1 Å². The first kappa shape index (κ1) is 19.6. The minimum Gasteiger partial charge on any atom is -0.484 e. The summed E-state index contributed by atoms with van der Waals surface area (Å²) in [5.74, 6) is 0.469. The standard InChI is InChI=1S/C23H19BrN2O2S/c1-14-3-10-20-21(11-14)29-23(26-20)16-4-6-17(7-5-16)25-22(27)13-28-18-8-9-19(24)15(2)12-18/h3-12H,13H2,1-2H3,(H,25,27). The molecule has 0 aliphatic rings. The molecule has 0 unspecified atom stereocenters. The van der Waals surface area contributed by atoms with Crippen LogP contribution in [0.3, 0.4) is 0 Å². The van der Waals surface area contributed by atoms with Crippen LogP contribution in [0.2, 0.25) is 0 Å². The highest BCUT2D eigenvalue weighted by molar-refractivity contribution is 9.10. The molecule has 0 aliphatic carbocycles. The summed E-state index contributed by atoms with van der Waals surface area (Å²) in [6.45, 7) is 4.02. The molecule has 0 spiro atoms. The molecule has 1 N–H and O–H groups in total. The maximum atomic E-state index is 12.2. The number of carbonyl (C=O) groups excluding carboxylic acids is 1. The van der Waals surface area contributed by atoms with Crippen molar-refractivity contribution in [2.75, 3.05) is 11.9 Å². The fraction of sp³-hybridized carbons (Fsp3) is 0.130. The molecule has 1 aromatic heterocycles. The highest BCUT2D eigenvalue weighted by Crippen LogP contribution is 2.31. The molecule has 1 heterocycles. The molecule has 6 heteroatoms. The molecular formula is C23H19BrN2O2S. The molecule has 4 rings (SSSR count). The van der Waals surface area contributed by atoms with Gasteiger partial charge in [-0.1, -0.05) is 22.0 Å². The zero-order valence-corrected chi connectivity index (χ0v) is 18.4. The van der Waals surface area contributed by atoms with Gasteiger partial charge in [0.05, 0.1) is 10.2 Å². The van der Waals surface area contributed by atoms with Crippen molar-refractivity contribution in [3.63, 3.8) is 0 Å². The molecule has 29 heavy (non-hydrogen) atoms. The lowest BCUT2D eigenvalue weighted by molar-refractivity contribution is -0.118. The third-order valence-electron chi connectivity index (χ3n) is 4.46. The van der Waals surface area contributed by atoms with Crippen LogP contribution in [0.5, 0.6) is 5.75 Å². The number of benzene rings is 3. The Morgan fingerprint density at radius 1 is 1.07 bits per heavy atom. The third-order valence-corrected chi connectivity index (χ3v) is 6.42. The van der Waals surface area contributed by atoms with Crippen LogP contribution in [0.15, 0.2) is 65.1 Å². The minimum atomic E-state index is -0.200. The average Bonchev–Trinajstić information content (AvgIpc) is 3.12. The van der Waals surface area contributed by atoms with Crippen LogP contribution in [-0.4, -0.2) is 17.5 Å². The maximum Gasteiger partial charge on any atom is 0.262 e. The average molecular weight is 467 g/mol. The molecule has 1 amide bonds. The first-order chi connectivity index (χ1) is 14.0. The van der Waals surface area contributed by atoms with Gasteiger partial charge in [-0.3, -0.25) is 4.79 Å². The van der Waals surface area contributed by atoms with Crippen LogP contribution in [0.4, 0.5) is 5.69 Å². The number of hydrogen-bond acceptors (Lipinski definition) is 4. The van der Waals surface area contributed by atoms with E-state index >= 15 is 0 Å². The van der Waals surface area contributed by atoms with Crippen LogP contribution >= 0.6 is 27.3 Å². The van der Waals surface area contributed by atoms with Gasteiger partial charge in [-0.05, 0) is 79.6 Å². The number of rotatable bonds is 5. The van der Waals surface area contributed by atoms with Crippen molar-refractivity contribution < 1.29 is 9.53 Å². The van der Waals surface area contributed by atoms with Crippen molar-refractivity contribution in [2.24, 2.45) is 0 Å². The quantitative estimate of drug-likeness (QED) is 0.372. The highest BCUT2D eigenvalue weighted by atomic mass is 79.9. The van der Waals surface area contributed by atoms with Crippen molar-refractivity contribution in [1.29, 1.82) is 0 Å². The summed E-state index contributed by atoms with van der Waals surface area (Å²) in [5, 5.41) is 3.83. The number of thiazole rings is 1. The van der Waals surface area contributed by atoms with Crippen molar-refractivity contribution in [2.45, 2.75) is 13.8 Å². The van der Waals surface area contributed by atoms with Gasteiger partial charge in [-0.2, -0.15) is 0 Å². The molecule has 0 atom stereocenters. The number of halogens is 1. The fourth-order valence-electron chi connectivity index (χ4n) is 2.90. The van der Waals surface area contributed by atoms with Gasteiger partial charge in [-0.15, -0.1) is 11.3 Å². The molecule has 3 aromatic carbocycles. The van der Waals surface area contributed by atoms with E-state index in [0.717, 1.165) is 31.8 Å². The molecule has 0 radical (unpaired) electrons. The van der Waals surface area contributed by atoms with Gasteiger partial charge in [0, 0.05) is 15.7 Å². The number of amides is 1. The third kappa shape index (κ3) is 4.66. The molecule has 0 bridgehead atoms. The molecular weight excluding hydrogens is 448 g/mol. The van der Waals surface area contributed by atoms with Crippen LogP contribution in [0.1, 0.15) is 11.1 Å². The predicted molar refractivity (Wildman–Crippen MR) is 123 cm³/mol. The summed E-state index contributed by atoms with van der Waals surface area (Å²) >= 11 is 5.12. The molecule has 0 aliphatic heterocycles. The molecule has 0 fully saturated rings. The van der Waals surface area contributed by atoms with E-state index in [1.54, 1.807) is 11.3 Å². The number of anilines is 1. The number of aryl methyl sites for hydroxylation is 2. The summed E-state index contributed by atoms with van der Waals surface area (Å²) in [5.41, 5.74) is 5.05. The van der Waals surface area contributed by atoms with E-state index in [-0.39, 0.29) is 12.5 Å². The van der Waals surface area contributed by atoms with E-state index in [1.165, 1.54) is 10.3 Å². The van der Waals surface area contributed by atoms with Crippen LogP contribution in [-0.2, 0) is 4.79 Å². The molecule has 4 nitrogen and oxygen atoms in total. The smallest absolute Gasteiger partial charge is 0.262 e. The lowest BCUT2D eigenvalue weighted by Crippen LogP contribution is -2.20. The summed E-state index contributed by atoms with van der Waals surface area (Å²) in [6, 6.07) is 19.6. The van der Waals surface area contributed by atoms with E-state index in [2.05, 4.69) is 40.3 Å². The second-order valence-electron chi connectivity index (χ2n) is 6.82. The largest absolute Gasteiger partial charge is 0.484 e. The second-order valence-corrected chi connectivity index (χ2v) is 8.70. The van der Waals surface area contributed by atoms with Gasteiger partial charge in [-0.25, -0.2) is 4.98 Å². The van der Waals surface area contributed by atoms with Gasteiger partial charge in [0.25, 0.3) is 5.91 Å². The van der Waals surface area contributed by atoms with Gasteiger partial charge >= 0.3 is 0 Å². The Bertz CT molecular complexity index is 1190. The Balaban J connectivity index is 1.39. The number of aromatic nitrogens is 1. The zero-order chi connectivity index (χ0) is 20.4. The first-order valence-corrected chi connectivity index (χ1v) is 10.8. The minimum absolute atomic E-state index is 0.0416. The normalized spacial score (nSPS) is 10.9. The number of fused-ring (bicyclic) bond motifs is 1. The number of nitrogens with zero attached hydrogens (tertiary/aromatic N) is 1. The SMILES string of the molecule is Cc1ccc2nc(-c3ccc(NC(=O)COc4ccc(Br)c(C)c4)cc3)sc2c1. The number of ether oxygens (including phenoxy) is 1. The van der Waals surface area contributed by atoms with Crippen molar-refractivity contribution in [3.05, 3.63) is 76.3 Å². The monoisotopic (exact) mass is 466 g/mol. The second kappa shape index (κ2) is 8.35. The molecule has 0 saturated carbocycles. The molecule has 4 aromatic rings. The summed E-state index contributed by atoms with van der Waals surface area (Å²) in [4.78, 5) is 16.9. The lowest BCUT2D eigenvalue weighted by Gasteiger charge is -2.09. The van der Waals surface area contributed by atoms with E-state index < -0.39 is 0 Å². The summed E-state index contributed by atoms with van der Waals surface area (Å²) in [7, 11) is 0. The number of nitrogens with one attached hydrogen (secondary N) is 1. The Morgan fingerprint density at radius 3 is 2.62 bits per heavy atom. The molecule has 146 valence electrons. The lowest BCUT2D eigenvalue weighted by atomic mass is 10.2. The topological polar surface area (TPSA) is 51.2 Å². The maximum absolute atomic E-state index is 12.2. The predicted octanol–water partition coefficient (Wildman–Crippen LogP) is 6.36. The van der Waals surface area contributed by atoms with Crippen molar-refractivity contribution >= 4 is 49.1 Å². The molecule has 0 saturated heterocycles. The van der Waals surface area contributed by atoms with E-state index in [4.69, 9.17) is 9.72 Å². The summed E-state index contributed by atoms with van der Waals surface area (Å²) in [6.07, 6.45) is 0. The Morgan fingerprint density at radius 2 is 1.86 bits per heavy atom. The van der Waals surface area contributed by atoms with Gasteiger partial charge in [0.2, 0.25) is 0 Å². The number of carbonyl (C=O) groups is 1. The van der Waals surface area contributed by atoms with Crippen LogP contribution in [0.25, 0.3) is 20.8 Å². The fourth-order valence-corrected chi connectivity index (χ4v) is 4.22. The zero-order valence-electron chi connectivity index (χ0n) is 16.0. The van der Waals surface area contributed by atoms with E-state index in [0.29, 0.717) is 5.75 Å². The summed E-state index contributed by atoms with van der Waals surface area (Å²) < 4.78 is 7.76. The Hall–Kier alpha value is -2.70. The van der Waals surface area contributed by atoms with Crippen LogP contribution in [0, 0.1) is 13.8 Å². The van der Waals surface area contributed by atoms with Gasteiger partial charge in [0.1, 0.15) is 10.8 Å². The Kier molecular flexibility index (Phi) is 5.65.